The van der Waals surface area contributed by atoms with Gasteiger partial charge in [0.2, 0.25) is 0 Å². The number of rotatable bonds is 7. The van der Waals surface area contributed by atoms with Crippen molar-refractivity contribution in [2.45, 2.75) is 45.1 Å². The van der Waals surface area contributed by atoms with Gasteiger partial charge in [0, 0.05) is 17.0 Å². The molecule has 0 spiro atoms. The summed E-state index contributed by atoms with van der Waals surface area (Å²) in [6.07, 6.45) is 6.20. The molecule has 0 bridgehead atoms. The minimum atomic E-state index is 0.118. The Kier molecular flexibility index (Phi) is 5.85. The van der Waals surface area contributed by atoms with Crippen molar-refractivity contribution in [1.82, 2.24) is 9.55 Å². The summed E-state index contributed by atoms with van der Waals surface area (Å²) in [6.45, 7) is 1.29. The van der Waals surface area contributed by atoms with Gasteiger partial charge in [0.05, 0.1) is 12.0 Å². The number of benzene rings is 2. The van der Waals surface area contributed by atoms with E-state index in [1.807, 2.05) is 65.2 Å². The molecule has 5 rings (SSSR count). The SMILES string of the molecule is O=c1c2c3c(sc2nc(-c2ccccc2)n1CCCCOc1ccccc1)CCCC3. The molecule has 1 aliphatic rings. The van der Waals surface area contributed by atoms with Crippen molar-refractivity contribution in [1.29, 1.82) is 0 Å². The molecule has 0 saturated heterocycles. The van der Waals surface area contributed by atoms with Gasteiger partial charge in [0.15, 0.2) is 0 Å². The molecular formula is C26H26N2O2S. The van der Waals surface area contributed by atoms with Crippen molar-refractivity contribution in [3.8, 4) is 17.1 Å². The monoisotopic (exact) mass is 430 g/mol. The normalized spacial score (nSPS) is 13.3. The van der Waals surface area contributed by atoms with Gasteiger partial charge in [-0.25, -0.2) is 4.98 Å². The summed E-state index contributed by atoms with van der Waals surface area (Å²) in [6, 6.07) is 19.9. The fourth-order valence-electron chi connectivity index (χ4n) is 4.33. The molecule has 4 nitrogen and oxygen atoms in total. The molecule has 0 aliphatic heterocycles. The average molecular weight is 431 g/mol. The number of aromatic nitrogens is 2. The third-order valence-electron chi connectivity index (χ3n) is 5.89. The first kappa shape index (κ1) is 20.0. The molecule has 1 aliphatic carbocycles. The summed E-state index contributed by atoms with van der Waals surface area (Å²) in [4.78, 5) is 20.9. The fraction of sp³-hybridized carbons (Fsp3) is 0.308. The number of unbranched alkanes of at least 4 members (excludes halogenated alkanes) is 1. The molecule has 31 heavy (non-hydrogen) atoms. The highest BCUT2D eigenvalue weighted by Gasteiger charge is 2.22. The second kappa shape index (κ2) is 9.06. The Morgan fingerprint density at radius 2 is 1.68 bits per heavy atom. The van der Waals surface area contributed by atoms with E-state index in [-0.39, 0.29) is 5.56 Å². The van der Waals surface area contributed by atoms with Crippen molar-refractivity contribution in [3.05, 3.63) is 81.5 Å². The lowest BCUT2D eigenvalue weighted by atomic mass is 9.97. The smallest absolute Gasteiger partial charge is 0.262 e. The molecule has 0 unspecified atom stereocenters. The van der Waals surface area contributed by atoms with Crippen molar-refractivity contribution >= 4 is 21.6 Å². The molecule has 0 atom stereocenters. The van der Waals surface area contributed by atoms with Crippen LogP contribution >= 0.6 is 11.3 Å². The van der Waals surface area contributed by atoms with Crippen molar-refractivity contribution in [2.75, 3.05) is 6.61 Å². The predicted molar refractivity (Wildman–Crippen MR) is 127 cm³/mol. The van der Waals surface area contributed by atoms with Crippen LogP contribution in [0.15, 0.2) is 65.5 Å². The van der Waals surface area contributed by atoms with Gasteiger partial charge in [-0.2, -0.15) is 0 Å². The topological polar surface area (TPSA) is 44.1 Å². The summed E-state index contributed by atoms with van der Waals surface area (Å²) in [7, 11) is 0. The average Bonchev–Trinajstić information content (AvgIpc) is 3.20. The zero-order valence-corrected chi connectivity index (χ0v) is 18.4. The van der Waals surface area contributed by atoms with Gasteiger partial charge in [-0.1, -0.05) is 48.5 Å². The molecule has 5 heteroatoms. The number of para-hydroxylation sites is 1. The number of ether oxygens (including phenoxy) is 1. The first-order chi connectivity index (χ1) is 15.3. The first-order valence-corrected chi connectivity index (χ1v) is 11.9. The lowest BCUT2D eigenvalue weighted by Crippen LogP contribution is -2.24. The van der Waals surface area contributed by atoms with Crippen LogP contribution in [0, 0.1) is 0 Å². The van der Waals surface area contributed by atoms with E-state index in [0.717, 1.165) is 59.5 Å². The second-order valence-electron chi connectivity index (χ2n) is 8.02. The highest BCUT2D eigenvalue weighted by molar-refractivity contribution is 7.18. The number of fused-ring (bicyclic) bond motifs is 3. The fourth-order valence-corrected chi connectivity index (χ4v) is 5.58. The first-order valence-electron chi connectivity index (χ1n) is 11.1. The van der Waals surface area contributed by atoms with E-state index in [2.05, 4.69) is 0 Å². The highest BCUT2D eigenvalue weighted by atomic mass is 32.1. The lowest BCUT2D eigenvalue weighted by Gasteiger charge is -2.14. The van der Waals surface area contributed by atoms with Crippen LogP contribution in [0.1, 0.15) is 36.1 Å². The lowest BCUT2D eigenvalue weighted by molar-refractivity contribution is 0.303. The van der Waals surface area contributed by atoms with Crippen LogP contribution in [-0.4, -0.2) is 16.2 Å². The van der Waals surface area contributed by atoms with Gasteiger partial charge in [-0.05, 0) is 56.2 Å². The molecule has 0 fully saturated rings. The number of thiophene rings is 1. The van der Waals surface area contributed by atoms with Crippen LogP contribution in [0.5, 0.6) is 5.75 Å². The van der Waals surface area contributed by atoms with Gasteiger partial charge in [0.25, 0.3) is 5.56 Å². The Bertz CT molecular complexity index is 1230. The number of nitrogens with zero attached hydrogens (tertiary/aromatic N) is 2. The van der Waals surface area contributed by atoms with Crippen LogP contribution in [0.25, 0.3) is 21.6 Å². The number of hydrogen-bond donors (Lipinski definition) is 0. The Labute approximate surface area is 186 Å². The zero-order valence-electron chi connectivity index (χ0n) is 17.5. The molecule has 2 aromatic heterocycles. The van der Waals surface area contributed by atoms with E-state index in [0.29, 0.717) is 13.2 Å². The molecule has 2 aromatic carbocycles. The maximum absolute atomic E-state index is 13.6. The molecule has 0 saturated carbocycles. The highest BCUT2D eigenvalue weighted by Crippen LogP contribution is 2.34. The van der Waals surface area contributed by atoms with Crippen LogP contribution in [0.3, 0.4) is 0 Å². The largest absolute Gasteiger partial charge is 0.494 e. The summed E-state index contributed by atoms with van der Waals surface area (Å²) in [5.74, 6) is 1.67. The van der Waals surface area contributed by atoms with E-state index in [9.17, 15) is 4.79 Å². The van der Waals surface area contributed by atoms with E-state index < -0.39 is 0 Å². The molecule has 158 valence electrons. The van der Waals surface area contributed by atoms with E-state index in [1.54, 1.807) is 11.3 Å². The Morgan fingerprint density at radius 1 is 0.935 bits per heavy atom. The Morgan fingerprint density at radius 3 is 2.48 bits per heavy atom. The van der Waals surface area contributed by atoms with Gasteiger partial charge < -0.3 is 4.74 Å². The van der Waals surface area contributed by atoms with Gasteiger partial charge in [-0.15, -0.1) is 11.3 Å². The summed E-state index contributed by atoms with van der Waals surface area (Å²) < 4.78 is 7.71. The molecule has 4 aromatic rings. The van der Waals surface area contributed by atoms with Crippen LogP contribution in [0.2, 0.25) is 0 Å². The quantitative estimate of drug-likeness (QED) is 0.345. The Balaban J connectivity index is 1.43. The predicted octanol–water partition coefficient (Wildman–Crippen LogP) is 5.86. The van der Waals surface area contributed by atoms with Crippen LogP contribution in [-0.2, 0) is 19.4 Å². The van der Waals surface area contributed by atoms with Gasteiger partial charge in [0.1, 0.15) is 16.4 Å². The summed E-state index contributed by atoms with van der Waals surface area (Å²) in [5.41, 5.74) is 2.37. The molecule has 0 amide bonds. The standard InChI is InChI=1S/C26H26N2O2S/c29-26-23-21-15-7-8-16-22(21)31-25(23)27-24(19-11-3-1-4-12-19)28(26)17-9-10-18-30-20-13-5-2-6-14-20/h1-6,11-14H,7-10,15-18H2. The molecular weight excluding hydrogens is 404 g/mol. The van der Waals surface area contributed by atoms with Crippen LogP contribution < -0.4 is 10.3 Å². The molecule has 2 heterocycles. The maximum Gasteiger partial charge on any atom is 0.262 e. The third-order valence-corrected chi connectivity index (χ3v) is 7.08. The van der Waals surface area contributed by atoms with Crippen molar-refractivity contribution in [3.63, 3.8) is 0 Å². The minimum Gasteiger partial charge on any atom is -0.494 e. The second-order valence-corrected chi connectivity index (χ2v) is 9.10. The summed E-state index contributed by atoms with van der Waals surface area (Å²) in [5, 5.41) is 0.861. The number of hydrogen-bond acceptors (Lipinski definition) is 4. The summed E-state index contributed by atoms with van der Waals surface area (Å²) >= 11 is 1.72. The van der Waals surface area contributed by atoms with Crippen LogP contribution in [0.4, 0.5) is 0 Å². The van der Waals surface area contributed by atoms with E-state index >= 15 is 0 Å². The molecule has 0 radical (unpaired) electrons. The zero-order chi connectivity index (χ0) is 21.0. The van der Waals surface area contributed by atoms with Crippen molar-refractivity contribution in [2.24, 2.45) is 0 Å². The van der Waals surface area contributed by atoms with Gasteiger partial charge in [-0.3, -0.25) is 9.36 Å². The van der Waals surface area contributed by atoms with Crippen molar-refractivity contribution < 1.29 is 4.74 Å². The van der Waals surface area contributed by atoms with E-state index in [1.165, 1.54) is 16.9 Å². The molecule has 0 N–H and O–H groups in total. The maximum atomic E-state index is 13.6. The minimum absolute atomic E-state index is 0.118. The Hall–Kier alpha value is -2.92. The number of aryl methyl sites for hydroxylation is 2. The third kappa shape index (κ3) is 4.15. The van der Waals surface area contributed by atoms with Gasteiger partial charge >= 0.3 is 0 Å². The van der Waals surface area contributed by atoms with E-state index in [4.69, 9.17) is 9.72 Å².